The second-order valence-electron chi connectivity index (χ2n) is 6.62. The van der Waals surface area contributed by atoms with E-state index in [1.54, 1.807) is 6.20 Å². The maximum absolute atomic E-state index is 12.8. The molecule has 2 aliphatic rings. The molecule has 2 N–H and O–H groups in total. The smallest absolute Gasteiger partial charge is 0.407 e. The number of ether oxygens (including phenoxy) is 1. The Hall–Kier alpha value is -2.83. The van der Waals surface area contributed by atoms with Gasteiger partial charge in [0.25, 0.3) is 5.91 Å². The van der Waals surface area contributed by atoms with E-state index in [0.717, 1.165) is 24.1 Å². The van der Waals surface area contributed by atoms with Gasteiger partial charge in [0, 0.05) is 31.3 Å². The lowest BCUT2D eigenvalue weighted by atomic mass is 9.95. The van der Waals surface area contributed by atoms with E-state index in [4.69, 9.17) is 4.74 Å². The highest BCUT2D eigenvalue weighted by molar-refractivity contribution is 5.94. The lowest BCUT2D eigenvalue weighted by Crippen LogP contribution is -2.36. The summed E-state index contributed by atoms with van der Waals surface area (Å²) in [4.78, 5) is 26.0. The van der Waals surface area contributed by atoms with Crippen LogP contribution in [0.1, 0.15) is 29.6 Å². The number of rotatable bonds is 2. The van der Waals surface area contributed by atoms with Crippen molar-refractivity contribution in [1.82, 2.24) is 20.4 Å². The van der Waals surface area contributed by atoms with Crippen molar-refractivity contribution in [3.63, 3.8) is 0 Å². The molecule has 1 aromatic heterocycles. The van der Waals surface area contributed by atoms with Gasteiger partial charge in [-0.25, -0.2) is 4.79 Å². The van der Waals surface area contributed by atoms with Crippen molar-refractivity contribution in [2.45, 2.75) is 24.9 Å². The molecule has 3 heterocycles. The molecule has 1 unspecified atom stereocenters. The molecular formula is C18H20N4O3. The lowest BCUT2D eigenvalue weighted by Gasteiger charge is -2.25. The second-order valence-corrected chi connectivity index (χ2v) is 6.62. The molecule has 0 bridgehead atoms. The summed E-state index contributed by atoms with van der Waals surface area (Å²) in [5.41, 5.74) is 2.14. The summed E-state index contributed by atoms with van der Waals surface area (Å²) in [5, 5.41) is 9.58. The predicted molar refractivity (Wildman–Crippen MR) is 91.0 cm³/mol. The van der Waals surface area contributed by atoms with Gasteiger partial charge in [0.15, 0.2) is 0 Å². The molecule has 4 rings (SSSR count). The molecule has 2 aromatic rings. The first-order valence-electron chi connectivity index (χ1n) is 8.51. The summed E-state index contributed by atoms with van der Waals surface area (Å²) in [5.74, 6) is 0.0190. The van der Waals surface area contributed by atoms with Gasteiger partial charge in [0.2, 0.25) is 0 Å². The summed E-state index contributed by atoms with van der Waals surface area (Å²) in [6.07, 6.45) is 3.63. The van der Waals surface area contributed by atoms with Crippen LogP contribution in [-0.4, -0.2) is 52.3 Å². The van der Waals surface area contributed by atoms with Crippen LogP contribution in [0.5, 0.6) is 0 Å². The standard InChI is InChI=1S/C18H20N4O3/c23-16(14-4-2-13(3-5-14)15-6-9-20-21-15)22-10-1-7-18(8-11-22)12-19-17(24)25-18/h2-6,9H,1,7-8,10-12H2,(H,19,24)(H,20,21). The van der Waals surface area contributed by atoms with Crippen LogP contribution in [0.3, 0.4) is 0 Å². The Morgan fingerprint density at radius 1 is 1.16 bits per heavy atom. The first kappa shape index (κ1) is 15.7. The van der Waals surface area contributed by atoms with Crippen LogP contribution in [-0.2, 0) is 4.74 Å². The number of hydrogen-bond donors (Lipinski definition) is 2. The highest BCUT2D eigenvalue weighted by Gasteiger charge is 2.41. The number of carbonyl (C=O) groups excluding carboxylic acids is 2. The number of hydrogen-bond acceptors (Lipinski definition) is 4. The van der Waals surface area contributed by atoms with Gasteiger partial charge >= 0.3 is 6.09 Å². The van der Waals surface area contributed by atoms with Gasteiger partial charge in [-0.1, -0.05) is 12.1 Å². The Balaban J connectivity index is 1.45. The number of benzene rings is 1. The van der Waals surface area contributed by atoms with Gasteiger partial charge in [-0.3, -0.25) is 9.89 Å². The van der Waals surface area contributed by atoms with Gasteiger partial charge in [-0.2, -0.15) is 5.10 Å². The maximum Gasteiger partial charge on any atom is 0.407 e. The van der Waals surface area contributed by atoms with Crippen molar-refractivity contribution in [3.05, 3.63) is 42.1 Å². The van der Waals surface area contributed by atoms with Crippen LogP contribution in [0.4, 0.5) is 4.79 Å². The summed E-state index contributed by atoms with van der Waals surface area (Å²) < 4.78 is 5.46. The minimum atomic E-state index is -0.448. The average molecular weight is 340 g/mol. The molecule has 2 amide bonds. The van der Waals surface area contributed by atoms with E-state index in [9.17, 15) is 9.59 Å². The molecule has 25 heavy (non-hydrogen) atoms. The third-order valence-corrected chi connectivity index (χ3v) is 4.99. The van der Waals surface area contributed by atoms with E-state index in [-0.39, 0.29) is 12.0 Å². The van der Waals surface area contributed by atoms with Crippen LogP contribution in [0.2, 0.25) is 0 Å². The molecule has 0 radical (unpaired) electrons. The Kier molecular flexibility index (Phi) is 3.91. The van der Waals surface area contributed by atoms with Crippen LogP contribution < -0.4 is 5.32 Å². The molecule has 2 fully saturated rings. The van der Waals surface area contributed by atoms with Crippen molar-refractivity contribution in [2.75, 3.05) is 19.6 Å². The predicted octanol–water partition coefficient (Wildman–Crippen LogP) is 2.18. The first-order chi connectivity index (χ1) is 12.2. The summed E-state index contributed by atoms with van der Waals surface area (Å²) in [7, 11) is 0. The molecule has 0 aliphatic carbocycles. The normalized spacial score (nSPS) is 23.2. The van der Waals surface area contributed by atoms with Gasteiger partial charge in [0.1, 0.15) is 5.60 Å². The molecule has 7 nitrogen and oxygen atoms in total. The number of likely N-dealkylation sites (tertiary alicyclic amines) is 1. The second kappa shape index (κ2) is 6.23. The molecule has 7 heteroatoms. The zero-order valence-electron chi connectivity index (χ0n) is 13.8. The number of aromatic amines is 1. The zero-order valence-corrected chi connectivity index (χ0v) is 13.8. The Labute approximate surface area is 145 Å². The minimum absolute atomic E-state index is 0.0190. The Bertz CT molecular complexity index is 772. The fourth-order valence-electron chi connectivity index (χ4n) is 3.54. The van der Waals surface area contributed by atoms with Crippen molar-refractivity contribution in [2.24, 2.45) is 0 Å². The summed E-state index contributed by atoms with van der Waals surface area (Å²) in [6, 6.07) is 9.42. The maximum atomic E-state index is 12.8. The number of H-pyrrole nitrogens is 1. The van der Waals surface area contributed by atoms with Crippen LogP contribution in [0.25, 0.3) is 11.3 Å². The number of amides is 2. The monoisotopic (exact) mass is 340 g/mol. The van der Waals surface area contributed by atoms with E-state index in [0.29, 0.717) is 31.6 Å². The Morgan fingerprint density at radius 3 is 2.68 bits per heavy atom. The molecule has 2 saturated heterocycles. The third kappa shape index (κ3) is 3.09. The molecule has 1 aromatic carbocycles. The largest absolute Gasteiger partial charge is 0.441 e. The van der Waals surface area contributed by atoms with Crippen LogP contribution >= 0.6 is 0 Å². The molecule has 1 atom stereocenters. The van der Waals surface area contributed by atoms with Crippen molar-refractivity contribution in [1.29, 1.82) is 0 Å². The van der Waals surface area contributed by atoms with Crippen molar-refractivity contribution < 1.29 is 14.3 Å². The van der Waals surface area contributed by atoms with E-state index in [1.807, 2.05) is 35.2 Å². The van der Waals surface area contributed by atoms with Gasteiger partial charge in [-0.05, 0) is 36.6 Å². The van der Waals surface area contributed by atoms with E-state index in [1.165, 1.54) is 0 Å². The van der Waals surface area contributed by atoms with E-state index >= 15 is 0 Å². The SMILES string of the molecule is O=C1NCC2(CCCN(C(=O)c3ccc(-c4ccn[nH]4)cc3)CC2)O1. The number of nitrogens with one attached hydrogen (secondary N) is 2. The molecule has 130 valence electrons. The molecule has 0 saturated carbocycles. The Morgan fingerprint density at radius 2 is 2.00 bits per heavy atom. The van der Waals surface area contributed by atoms with E-state index < -0.39 is 5.60 Å². The van der Waals surface area contributed by atoms with Gasteiger partial charge in [-0.15, -0.1) is 0 Å². The minimum Gasteiger partial charge on any atom is -0.441 e. The van der Waals surface area contributed by atoms with Crippen molar-refractivity contribution in [3.8, 4) is 11.3 Å². The number of alkyl carbamates (subject to hydrolysis) is 1. The van der Waals surface area contributed by atoms with Gasteiger partial charge in [0.05, 0.1) is 12.2 Å². The molecule has 1 spiro atoms. The first-order valence-corrected chi connectivity index (χ1v) is 8.51. The highest BCUT2D eigenvalue weighted by atomic mass is 16.6. The molecular weight excluding hydrogens is 320 g/mol. The highest BCUT2D eigenvalue weighted by Crippen LogP contribution is 2.30. The van der Waals surface area contributed by atoms with Crippen LogP contribution in [0, 0.1) is 0 Å². The van der Waals surface area contributed by atoms with Crippen LogP contribution in [0.15, 0.2) is 36.5 Å². The summed E-state index contributed by atoms with van der Waals surface area (Å²) in [6.45, 7) is 1.81. The van der Waals surface area contributed by atoms with E-state index in [2.05, 4.69) is 15.5 Å². The topological polar surface area (TPSA) is 87.3 Å². The zero-order chi connectivity index (χ0) is 17.3. The summed E-state index contributed by atoms with van der Waals surface area (Å²) >= 11 is 0. The van der Waals surface area contributed by atoms with Gasteiger partial charge < -0.3 is 15.0 Å². The van der Waals surface area contributed by atoms with Crippen molar-refractivity contribution >= 4 is 12.0 Å². The average Bonchev–Trinajstić information content (AvgIpc) is 3.23. The fourth-order valence-corrected chi connectivity index (χ4v) is 3.54. The number of aromatic nitrogens is 2. The quantitative estimate of drug-likeness (QED) is 0.877. The number of nitrogens with zero attached hydrogens (tertiary/aromatic N) is 2. The number of carbonyl (C=O) groups is 2. The molecule has 2 aliphatic heterocycles. The fraction of sp³-hybridized carbons (Fsp3) is 0.389. The third-order valence-electron chi connectivity index (χ3n) is 4.99. The lowest BCUT2D eigenvalue weighted by molar-refractivity contribution is 0.0438.